The standard InChI is InChI=1S/C11H11ClF3NO3/c12-7-3-6(13)1-2-9(7)19-5-10(18)16-4-8(17)11(14)15/h1-3,8,11,17H,4-5H2,(H,16,18). The van der Waals surface area contributed by atoms with E-state index in [0.29, 0.717) is 0 Å². The quantitative estimate of drug-likeness (QED) is 0.838. The van der Waals surface area contributed by atoms with E-state index in [9.17, 15) is 18.0 Å². The first-order valence-electron chi connectivity index (χ1n) is 5.21. The first-order valence-corrected chi connectivity index (χ1v) is 5.58. The zero-order valence-corrected chi connectivity index (χ0v) is 10.3. The van der Waals surface area contributed by atoms with E-state index in [1.54, 1.807) is 0 Å². The van der Waals surface area contributed by atoms with Crippen molar-refractivity contribution in [2.24, 2.45) is 0 Å². The summed E-state index contributed by atoms with van der Waals surface area (Å²) in [5.41, 5.74) is 0. The van der Waals surface area contributed by atoms with E-state index in [4.69, 9.17) is 21.4 Å². The average molecular weight is 298 g/mol. The lowest BCUT2D eigenvalue weighted by Gasteiger charge is -2.11. The Morgan fingerprint density at radius 2 is 2.16 bits per heavy atom. The predicted molar refractivity (Wildman–Crippen MR) is 61.9 cm³/mol. The number of carbonyl (C=O) groups is 1. The molecule has 1 amide bonds. The molecule has 0 saturated heterocycles. The third kappa shape index (κ3) is 5.35. The molecule has 0 heterocycles. The third-order valence-electron chi connectivity index (χ3n) is 2.05. The van der Waals surface area contributed by atoms with Gasteiger partial charge in [0.05, 0.1) is 5.02 Å². The molecule has 19 heavy (non-hydrogen) atoms. The van der Waals surface area contributed by atoms with Crippen molar-refractivity contribution in [1.82, 2.24) is 5.32 Å². The Bertz CT molecular complexity index is 445. The molecule has 0 saturated carbocycles. The predicted octanol–water partition coefficient (Wildman–Crippen LogP) is 1.60. The number of benzene rings is 1. The van der Waals surface area contributed by atoms with Crippen LogP contribution in [0.1, 0.15) is 0 Å². The van der Waals surface area contributed by atoms with Crippen LogP contribution in [0.25, 0.3) is 0 Å². The van der Waals surface area contributed by atoms with Crippen LogP contribution in [0.4, 0.5) is 13.2 Å². The normalized spacial score (nSPS) is 12.3. The van der Waals surface area contributed by atoms with Crippen LogP contribution in [0.3, 0.4) is 0 Å². The van der Waals surface area contributed by atoms with E-state index >= 15 is 0 Å². The van der Waals surface area contributed by atoms with Crippen molar-refractivity contribution in [3.8, 4) is 5.75 Å². The van der Waals surface area contributed by atoms with E-state index in [2.05, 4.69) is 5.32 Å². The summed E-state index contributed by atoms with van der Waals surface area (Å²) in [6, 6.07) is 3.34. The number of carbonyl (C=O) groups excluding carboxylic acids is 1. The number of aliphatic hydroxyl groups is 1. The van der Waals surface area contributed by atoms with E-state index in [0.717, 1.165) is 12.1 Å². The maximum atomic E-state index is 12.7. The fourth-order valence-electron chi connectivity index (χ4n) is 1.09. The maximum Gasteiger partial charge on any atom is 0.265 e. The zero-order valence-electron chi connectivity index (χ0n) is 9.58. The van der Waals surface area contributed by atoms with Crippen LogP contribution in [-0.4, -0.2) is 36.7 Å². The molecule has 8 heteroatoms. The topological polar surface area (TPSA) is 58.6 Å². The van der Waals surface area contributed by atoms with Crippen LogP contribution in [0.2, 0.25) is 5.02 Å². The Labute approximate surface area is 112 Å². The summed E-state index contributed by atoms with van der Waals surface area (Å²) in [6.45, 7) is -1.07. The van der Waals surface area contributed by atoms with Crippen molar-refractivity contribution in [2.75, 3.05) is 13.2 Å². The number of amides is 1. The summed E-state index contributed by atoms with van der Waals surface area (Å²) >= 11 is 5.65. The van der Waals surface area contributed by atoms with Crippen molar-refractivity contribution in [2.45, 2.75) is 12.5 Å². The van der Waals surface area contributed by atoms with E-state index in [1.807, 2.05) is 0 Å². The molecule has 0 aliphatic heterocycles. The van der Waals surface area contributed by atoms with Gasteiger partial charge in [0.15, 0.2) is 6.61 Å². The summed E-state index contributed by atoms with van der Waals surface area (Å²) in [5.74, 6) is -1.17. The minimum Gasteiger partial charge on any atom is -0.482 e. The number of hydrogen-bond acceptors (Lipinski definition) is 3. The van der Waals surface area contributed by atoms with Gasteiger partial charge in [-0.1, -0.05) is 11.6 Å². The van der Waals surface area contributed by atoms with Gasteiger partial charge in [-0.3, -0.25) is 4.79 Å². The number of alkyl halides is 2. The number of halogens is 4. The minimum atomic E-state index is -2.94. The van der Waals surface area contributed by atoms with Crippen LogP contribution in [0.5, 0.6) is 5.75 Å². The molecule has 0 radical (unpaired) electrons. The van der Waals surface area contributed by atoms with Gasteiger partial charge >= 0.3 is 0 Å². The van der Waals surface area contributed by atoms with E-state index in [-0.39, 0.29) is 10.8 Å². The van der Waals surface area contributed by atoms with Crippen LogP contribution in [-0.2, 0) is 4.79 Å². The van der Waals surface area contributed by atoms with Gasteiger partial charge in [-0.15, -0.1) is 0 Å². The lowest BCUT2D eigenvalue weighted by molar-refractivity contribution is -0.124. The second-order valence-corrected chi connectivity index (χ2v) is 3.98. The molecule has 0 aliphatic rings. The van der Waals surface area contributed by atoms with Gasteiger partial charge in [0.2, 0.25) is 0 Å². The summed E-state index contributed by atoms with van der Waals surface area (Å²) in [5, 5.41) is 10.8. The van der Waals surface area contributed by atoms with Crippen LogP contribution in [0.15, 0.2) is 18.2 Å². The van der Waals surface area contributed by atoms with Crippen molar-refractivity contribution in [1.29, 1.82) is 0 Å². The van der Waals surface area contributed by atoms with E-state index < -0.39 is 37.4 Å². The highest BCUT2D eigenvalue weighted by atomic mass is 35.5. The Morgan fingerprint density at radius 1 is 1.47 bits per heavy atom. The molecule has 1 rings (SSSR count). The second kappa shape index (κ2) is 7.20. The van der Waals surface area contributed by atoms with Crippen molar-refractivity contribution in [3.63, 3.8) is 0 Å². The molecule has 106 valence electrons. The summed E-state index contributed by atoms with van der Waals surface area (Å²) < 4.78 is 41.5. The number of nitrogens with one attached hydrogen (secondary N) is 1. The highest BCUT2D eigenvalue weighted by molar-refractivity contribution is 6.32. The number of aliphatic hydroxyl groups excluding tert-OH is 1. The molecule has 0 bridgehead atoms. The summed E-state index contributed by atoms with van der Waals surface area (Å²) in [4.78, 5) is 11.2. The van der Waals surface area contributed by atoms with Crippen LogP contribution in [0, 0.1) is 5.82 Å². The van der Waals surface area contributed by atoms with Gasteiger partial charge in [-0.2, -0.15) is 0 Å². The summed E-state index contributed by atoms with van der Waals surface area (Å²) in [6.07, 6.45) is -4.87. The van der Waals surface area contributed by atoms with Gasteiger partial charge in [-0.25, -0.2) is 13.2 Å². The highest BCUT2D eigenvalue weighted by Crippen LogP contribution is 2.24. The Kier molecular flexibility index (Phi) is 5.91. The van der Waals surface area contributed by atoms with E-state index in [1.165, 1.54) is 6.07 Å². The minimum absolute atomic E-state index is 0.0135. The fraction of sp³-hybridized carbons (Fsp3) is 0.364. The van der Waals surface area contributed by atoms with Gasteiger partial charge in [0.25, 0.3) is 12.3 Å². The smallest absolute Gasteiger partial charge is 0.265 e. The van der Waals surface area contributed by atoms with Crippen molar-refractivity contribution >= 4 is 17.5 Å². The van der Waals surface area contributed by atoms with Gasteiger partial charge < -0.3 is 15.2 Å². The largest absolute Gasteiger partial charge is 0.482 e. The Balaban J connectivity index is 2.38. The molecule has 1 aromatic rings. The molecular weight excluding hydrogens is 287 g/mol. The zero-order chi connectivity index (χ0) is 14.4. The molecule has 0 fully saturated rings. The molecule has 2 N–H and O–H groups in total. The number of hydrogen-bond donors (Lipinski definition) is 2. The molecule has 0 aliphatic carbocycles. The van der Waals surface area contributed by atoms with Crippen LogP contribution >= 0.6 is 11.6 Å². The monoisotopic (exact) mass is 297 g/mol. The number of ether oxygens (including phenoxy) is 1. The second-order valence-electron chi connectivity index (χ2n) is 3.57. The van der Waals surface area contributed by atoms with Gasteiger partial charge in [0, 0.05) is 6.54 Å². The molecule has 1 aromatic carbocycles. The fourth-order valence-corrected chi connectivity index (χ4v) is 1.32. The third-order valence-corrected chi connectivity index (χ3v) is 2.35. The molecular formula is C11H11ClF3NO3. The van der Waals surface area contributed by atoms with Crippen LogP contribution < -0.4 is 10.1 Å². The Hall–Kier alpha value is -1.47. The van der Waals surface area contributed by atoms with Crippen molar-refractivity contribution in [3.05, 3.63) is 29.0 Å². The molecule has 1 atom stereocenters. The molecule has 1 unspecified atom stereocenters. The average Bonchev–Trinajstić information content (AvgIpc) is 2.34. The van der Waals surface area contributed by atoms with Crippen molar-refractivity contribution < 1.29 is 27.8 Å². The number of rotatable bonds is 6. The van der Waals surface area contributed by atoms with Gasteiger partial charge in [0.1, 0.15) is 17.7 Å². The SMILES string of the molecule is O=C(COc1ccc(F)cc1Cl)NCC(O)C(F)F. The molecule has 4 nitrogen and oxygen atoms in total. The first-order chi connectivity index (χ1) is 8.90. The lowest BCUT2D eigenvalue weighted by Crippen LogP contribution is -2.38. The lowest BCUT2D eigenvalue weighted by atomic mass is 10.3. The Morgan fingerprint density at radius 3 is 2.74 bits per heavy atom. The highest BCUT2D eigenvalue weighted by Gasteiger charge is 2.17. The maximum absolute atomic E-state index is 12.7. The molecule has 0 aromatic heterocycles. The first kappa shape index (κ1) is 15.6. The molecule has 0 spiro atoms. The van der Waals surface area contributed by atoms with Gasteiger partial charge in [-0.05, 0) is 18.2 Å². The summed E-state index contributed by atoms with van der Waals surface area (Å²) in [7, 11) is 0.